The van der Waals surface area contributed by atoms with Gasteiger partial charge in [0.2, 0.25) is 12.7 Å². The van der Waals surface area contributed by atoms with Gasteiger partial charge >= 0.3 is 0 Å². The highest BCUT2D eigenvalue weighted by Gasteiger charge is 2.13. The molecule has 0 aliphatic carbocycles. The number of halogens is 1. The number of nitrogens with one attached hydrogen (secondary N) is 1. The number of benzene rings is 2. The Morgan fingerprint density at radius 2 is 2.08 bits per heavy atom. The lowest BCUT2D eigenvalue weighted by molar-refractivity contribution is -0.116. The summed E-state index contributed by atoms with van der Waals surface area (Å²) >= 11 is 6.05. The second-order valence-corrected chi connectivity index (χ2v) is 5.54. The molecule has 0 atom stereocenters. The summed E-state index contributed by atoms with van der Waals surface area (Å²) < 4.78 is 15.7. The molecule has 124 valence electrons. The number of carbonyl (C=O) groups excluding carboxylic acids is 1. The SMILES string of the molecule is COc1ccc(/C=C/C(=O)NCc2ccc3c(c2)OCO3)cc1Cl. The molecule has 1 aliphatic heterocycles. The summed E-state index contributed by atoms with van der Waals surface area (Å²) in [7, 11) is 1.56. The Hall–Kier alpha value is -2.66. The van der Waals surface area contributed by atoms with Gasteiger partial charge in [-0.1, -0.05) is 23.7 Å². The minimum atomic E-state index is -0.195. The highest BCUT2D eigenvalue weighted by molar-refractivity contribution is 6.32. The number of ether oxygens (including phenoxy) is 3. The smallest absolute Gasteiger partial charge is 0.244 e. The van der Waals surface area contributed by atoms with Gasteiger partial charge in [0, 0.05) is 12.6 Å². The lowest BCUT2D eigenvalue weighted by Gasteiger charge is -2.04. The molecular formula is C18H16ClNO4. The van der Waals surface area contributed by atoms with E-state index in [9.17, 15) is 4.79 Å². The lowest BCUT2D eigenvalue weighted by atomic mass is 10.2. The molecule has 0 radical (unpaired) electrons. The summed E-state index contributed by atoms with van der Waals surface area (Å²) in [5, 5.41) is 3.32. The number of hydrogen-bond donors (Lipinski definition) is 1. The Kier molecular flexibility index (Phi) is 4.91. The van der Waals surface area contributed by atoms with E-state index in [2.05, 4.69) is 5.32 Å². The second kappa shape index (κ2) is 7.27. The van der Waals surface area contributed by atoms with E-state index >= 15 is 0 Å². The van der Waals surface area contributed by atoms with Crippen LogP contribution in [0.15, 0.2) is 42.5 Å². The molecular weight excluding hydrogens is 330 g/mol. The Bertz CT molecular complexity index is 789. The second-order valence-electron chi connectivity index (χ2n) is 5.13. The van der Waals surface area contributed by atoms with Crippen LogP contribution in [0.25, 0.3) is 6.08 Å². The topological polar surface area (TPSA) is 56.8 Å². The van der Waals surface area contributed by atoms with E-state index in [0.717, 1.165) is 16.9 Å². The first-order chi connectivity index (χ1) is 11.7. The first kappa shape index (κ1) is 16.2. The Labute approximate surface area is 144 Å². The maximum Gasteiger partial charge on any atom is 0.244 e. The molecule has 0 aromatic heterocycles. The van der Waals surface area contributed by atoms with Crippen molar-refractivity contribution in [1.82, 2.24) is 5.32 Å². The Balaban J connectivity index is 1.56. The average molecular weight is 346 g/mol. The fourth-order valence-electron chi connectivity index (χ4n) is 2.26. The summed E-state index contributed by atoms with van der Waals surface area (Å²) in [6, 6.07) is 10.9. The molecule has 1 amide bonds. The van der Waals surface area contributed by atoms with Crippen LogP contribution in [0.1, 0.15) is 11.1 Å². The molecule has 1 N–H and O–H groups in total. The van der Waals surface area contributed by atoms with Gasteiger partial charge in [-0.3, -0.25) is 4.79 Å². The Morgan fingerprint density at radius 3 is 2.88 bits per heavy atom. The van der Waals surface area contributed by atoms with Crippen LogP contribution in [0.3, 0.4) is 0 Å². The molecule has 5 nitrogen and oxygen atoms in total. The van der Waals surface area contributed by atoms with Crippen LogP contribution in [-0.2, 0) is 11.3 Å². The molecule has 0 unspecified atom stereocenters. The zero-order valence-electron chi connectivity index (χ0n) is 13.0. The fraction of sp³-hybridized carbons (Fsp3) is 0.167. The number of rotatable bonds is 5. The van der Waals surface area contributed by atoms with Gasteiger partial charge in [-0.15, -0.1) is 0 Å². The monoisotopic (exact) mass is 345 g/mol. The van der Waals surface area contributed by atoms with Crippen molar-refractivity contribution in [3.63, 3.8) is 0 Å². The van der Waals surface area contributed by atoms with Crippen LogP contribution in [0.2, 0.25) is 5.02 Å². The van der Waals surface area contributed by atoms with Crippen molar-refractivity contribution >= 4 is 23.6 Å². The van der Waals surface area contributed by atoms with Crippen LogP contribution in [0, 0.1) is 0 Å². The van der Waals surface area contributed by atoms with Crippen molar-refractivity contribution in [3.05, 3.63) is 58.6 Å². The maximum atomic E-state index is 11.9. The van der Waals surface area contributed by atoms with Crippen LogP contribution < -0.4 is 19.5 Å². The predicted octanol–water partition coefficient (Wildman–Crippen LogP) is 3.41. The van der Waals surface area contributed by atoms with E-state index < -0.39 is 0 Å². The molecule has 3 rings (SSSR count). The molecule has 6 heteroatoms. The quantitative estimate of drug-likeness (QED) is 0.844. The van der Waals surface area contributed by atoms with Crippen molar-refractivity contribution in [2.45, 2.75) is 6.54 Å². The molecule has 1 heterocycles. The van der Waals surface area contributed by atoms with Crippen LogP contribution in [-0.4, -0.2) is 19.8 Å². The average Bonchev–Trinajstić information content (AvgIpc) is 3.06. The van der Waals surface area contributed by atoms with Crippen molar-refractivity contribution < 1.29 is 19.0 Å². The van der Waals surface area contributed by atoms with Crippen LogP contribution in [0.4, 0.5) is 0 Å². The van der Waals surface area contributed by atoms with E-state index in [1.165, 1.54) is 6.08 Å². The molecule has 0 fully saturated rings. The van der Waals surface area contributed by atoms with E-state index in [0.29, 0.717) is 23.1 Å². The Morgan fingerprint density at radius 1 is 1.25 bits per heavy atom. The van der Waals surface area contributed by atoms with Gasteiger partial charge in [0.1, 0.15) is 5.75 Å². The number of methoxy groups -OCH3 is 1. The van der Waals surface area contributed by atoms with Crippen molar-refractivity contribution in [2.75, 3.05) is 13.9 Å². The number of carbonyl (C=O) groups is 1. The lowest BCUT2D eigenvalue weighted by Crippen LogP contribution is -2.20. The summed E-state index contributed by atoms with van der Waals surface area (Å²) in [6.07, 6.45) is 3.16. The van der Waals surface area contributed by atoms with Crippen molar-refractivity contribution in [3.8, 4) is 17.2 Å². The van der Waals surface area contributed by atoms with Gasteiger partial charge in [-0.25, -0.2) is 0 Å². The van der Waals surface area contributed by atoms with Gasteiger partial charge in [-0.2, -0.15) is 0 Å². The van der Waals surface area contributed by atoms with E-state index in [1.807, 2.05) is 24.3 Å². The summed E-state index contributed by atoms with van der Waals surface area (Å²) in [4.78, 5) is 11.9. The zero-order chi connectivity index (χ0) is 16.9. The van der Waals surface area contributed by atoms with Crippen LogP contribution >= 0.6 is 11.6 Å². The molecule has 24 heavy (non-hydrogen) atoms. The molecule has 0 saturated carbocycles. The largest absolute Gasteiger partial charge is 0.495 e. The predicted molar refractivity (Wildman–Crippen MR) is 91.4 cm³/mol. The molecule has 2 aromatic rings. The van der Waals surface area contributed by atoms with Gasteiger partial charge in [0.15, 0.2) is 11.5 Å². The standard InChI is InChI=1S/C18H16ClNO4/c1-22-15-5-2-12(8-14(15)19)4-7-18(21)20-10-13-3-6-16-17(9-13)24-11-23-16/h2-9H,10-11H2,1H3,(H,20,21)/b7-4+. The van der Waals surface area contributed by atoms with Gasteiger partial charge in [-0.05, 0) is 41.5 Å². The van der Waals surface area contributed by atoms with Gasteiger partial charge in [0.25, 0.3) is 0 Å². The van der Waals surface area contributed by atoms with Crippen LogP contribution in [0.5, 0.6) is 17.2 Å². The van der Waals surface area contributed by atoms with Gasteiger partial charge < -0.3 is 19.5 Å². The maximum absolute atomic E-state index is 11.9. The highest BCUT2D eigenvalue weighted by Crippen LogP contribution is 2.32. The minimum absolute atomic E-state index is 0.195. The third-order valence-electron chi connectivity index (χ3n) is 3.51. The molecule has 1 aliphatic rings. The van der Waals surface area contributed by atoms with E-state index in [1.54, 1.807) is 25.3 Å². The normalized spacial score (nSPS) is 12.4. The first-order valence-electron chi connectivity index (χ1n) is 7.33. The number of hydrogen-bond acceptors (Lipinski definition) is 4. The number of fused-ring (bicyclic) bond motifs is 1. The third kappa shape index (κ3) is 3.81. The summed E-state index contributed by atoms with van der Waals surface area (Å²) in [6.45, 7) is 0.640. The van der Waals surface area contributed by atoms with Crippen molar-refractivity contribution in [2.24, 2.45) is 0 Å². The number of amides is 1. The first-order valence-corrected chi connectivity index (χ1v) is 7.71. The van der Waals surface area contributed by atoms with Gasteiger partial charge in [0.05, 0.1) is 12.1 Å². The third-order valence-corrected chi connectivity index (χ3v) is 3.80. The molecule has 2 aromatic carbocycles. The van der Waals surface area contributed by atoms with E-state index in [-0.39, 0.29) is 12.7 Å². The minimum Gasteiger partial charge on any atom is -0.495 e. The summed E-state index contributed by atoms with van der Waals surface area (Å²) in [5.74, 6) is 1.83. The highest BCUT2D eigenvalue weighted by atomic mass is 35.5. The molecule has 0 bridgehead atoms. The fourth-order valence-corrected chi connectivity index (χ4v) is 2.52. The molecule has 0 saturated heterocycles. The molecule has 0 spiro atoms. The van der Waals surface area contributed by atoms with Crippen molar-refractivity contribution in [1.29, 1.82) is 0 Å². The van der Waals surface area contributed by atoms with E-state index in [4.69, 9.17) is 25.8 Å². The summed E-state index contributed by atoms with van der Waals surface area (Å²) in [5.41, 5.74) is 1.76. The zero-order valence-corrected chi connectivity index (χ0v) is 13.8.